The van der Waals surface area contributed by atoms with Gasteiger partial charge in [-0.05, 0) is 42.0 Å². The third-order valence-corrected chi connectivity index (χ3v) is 2.90. The first-order valence-electron chi connectivity index (χ1n) is 6.23. The van der Waals surface area contributed by atoms with E-state index in [0.29, 0.717) is 24.3 Å². The fraction of sp³-hybridized carbons (Fsp3) is 0.133. The number of ether oxygens (including phenoxy) is 1. The molecule has 0 atom stereocenters. The van der Waals surface area contributed by atoms with Crippen LogP contribution >= 0.6 is 0 Å². The molecular weight excluding hydrogens is 345 g/mol. The highest BCUT2D eigenvalue weighted by atomic mass is 19.4. The maximum atomic E-state index is 13.8. The monoisotopic (exact) mass is 352 g/mol. The van der Waals surface area contributed by atoms with Crippen LogP contribution < -0.4 is 4.74 Å². The molecule has 2 nitrogen and oxygen atoms in total. The van der Waals surface area contributed by atoms with Gasteiger partial charge in [-0.15, -0.1) is 13.2 Å². The molecule has 128 valence electrons. The van der Waals surface area contributed by atoms with E-state index in [1.54, 1.807) is 0 Å². The number of hydrogen-bond donors (Lipinski definition) is 0. The maximum absolute atomic E-state index is 13.8. The standard InChI is InChI=1S/C15H7F7O2/c16-13-2-1-10(14(17,18)19)6-12(13)9-3-8(7-23)4-11(5-9)24-15(20,21)22/h1-7H. The van der Waals surface area contributed by atoms with E-state index in [2.05, 4.69) is 4.74 Å². The highest BCUT2D eigenvalue weighted by molar-refractivity contribution is 5.80. The summed E-state index contributed by atoms with van der Waals surface area (Å²) >= 11 is 0. The van der Waals surface area contributed by atoms with E-state index >= 15 is 0 Å². The topological polar surface area (TPSA) is 26.3 Å². The third kappa shape index (κ3) is 4.24. The van der Waals surface area contributed by atoms with Crippen LogP contribution in [0, 0.1) is 5.82 Å². The zero-order chi connectivity index (χ0) is 18.1. The maximum Gasteiger partial charge on any atom is 0.573 e. The third-order valence-electron chi connectivity index (χ3n) is 2.90. The summed E-state index contributed by atoms with van der Waals surface area (Å²) in [6.07, 6.45) is -9.68. The number of benzene rings is 2. The van der Waals surface area contributed by atoms with Crippen molar-refractivity contribution >= 4 is 6.29 Å². The molecule has 0 aliphatic carbocycles. The van der Waals surface area contributed by atoms with Gasteiger partial charge in [-0.2, -0.15) is 13.2 Å². The lowest BCUT2D eigenvalue weighted by Gasteiger charge is -2.13. The normalized spacial score (nSPS) is 12.1. The van der Waals surface area contributed by atoms with Crippen molar-refractivity contribution in [2.45, 2.75) is 12.5 Å². The predicted octanol–water partition coefficient (Wildman–Crippen LogP) is 5.22. The highest BCUT2D eigenvalue weighted by Crippen LogP contribution is 2.35. The van der Waals surface area contributed by atoms with Crippen molar-refractivity contribution in [1.82, 2.24) is 0 Å². The first-order chi connectivity index (χ1) is 11.0. The molecular formula is C15H7F7O2. The molecule has 2 aromatic rings. The Bertz CT molecular complexity index is 763. The first kappa shape index (κ1) is 17.8. The van der Waals surface area contributed by atoms with E-state index in [1.165, 1.54) is 0 Å². The lowest BCUT2D eigenvalue weighted by molar-refractivity contribution is -0.274. The van der Waals surface area contributed by atoms with Crippen molar-refractivity contribution in [3.05, 3.63) is 53.3 Å². The number of carbonyl (C=O) groups excluding carboxylic acids is 1. The number of hydrogen-bond acceptors (Lipinski definition) is 2. The lowest BCUT2D eigenvalue weighted by Crippen LogP contribution is -2.17. The van der Waals surface area contributed by atoms with Gasteiger partial charge >= 0.3 is 12.5 Å². The lowest BCUT2D eigenvalue weighted by atomic mass is 10.00. The summed E-state index contributed by atoms with van der Waals surface area (Å²) in [7, 11) is 0. The van der Waals surface area contributed by atoms with Gasteiger partial charge in [-0.25, -0.2) is 4.39 Å². The van der Waals surface area contributed by atoms with Gasteiger partial charge in [0.1, 0.15) is 17.9 Å². The minimum Gasteiger partial charge on any atom is -0.406 e. The van der Waals surface area contributed by atoms with Gasteiger partial charge in [0.05, 0.1) is 5.56 Å². The second-order valence-corrected chi connectivity index (χ2v) is 4.65. The number of carbonyl (C=O) groups is 1. The van der Waals surface area contributed by atoms with Crippen molar-refractivity contribution in [1.29, 1.82) is 0 Å². The predicted molar refractivity (Wildman–Crippen MR) is 68.9 cm³/mol. The molecule has 0 fully saturated rings. The molecule has 0 aliphatic heterocycles. The quantitative estimate of drug-likeness (QED) is 0.559. The summed E-state index contributed by atoms with van der Waals surface area (Å²) in [5, 5.41) is 0. The molecule has 9 heteroatoms. The van der Waals surface area contributed by atoms with Crippen LogP contribution in [0.25, 0.3) is 11.1 Å². The number of rotatable bonds is 3. The van der Waals surface area contributed by atoms with Crippen molar-refractivity contribution in [3.63, 3.8) is 0 Å². The van der Waals surface area contributed by atoms with Crippen LogP contribution in [0.1, 0.15) is 15.9 Å². The van der Waals surface area contributed by atoms with Crippen molar-refractivity contribution in [3.8, 4) is 16.9 Å². The summed E-state index contributed by atoms with van der Waals surface area (Å²) in [4.78, 5) is 10.8. The zero-order valence-electron chi connectivity index (χ0n) is 11.5. The molecule has 0 saturated carbocycles. The molecule has 0 aliphatic rings. The van der Waals surface area contributed by atoms with E-state index in [-0.39, 0.29) is 17.4 Å². The summed E-state index contributed by atoms with van der Waals surface area (Å²) < 4.78 is 92.4. The molecule has 0 spiro atoms. The molecule has 0 bridgehead atoms. The van der Waals surface area contributed by atoms with Crippen molar-refractivity contribution in [2.75, 3.05) is 0 Å². The molecule has 0 amide bonds. The Hall–Kier alpha value is -2.58. The van der Waals surface area contributed by atoms with Crippen LogP contribution in [0.3, 0.4) is 0 Å². The molecule has 0 aromatic heterocycles. The van der Waals surface area contributed by atoms with Crippen LogP contribution in [0.5, 0.6) is 5.75 Å². The minimum atomic E-state index is -5.08. The Labute approximate surface area is 130 Å². The van der Waals surface area contributed by atoms with Crippen LogP contribution in [-0.2, 0) is 6.18 Å². The van der Waals surface area contributed by atoms with Gasteiger partial charge in [-0.3, -0.25) is 4.79 Å². The smallest absolute Gasteiger partial charge is 0.406 e. The average Bonchev–Trinajstić information content (AvgIpc) is 2.44. The molecule has 0 saturated heterocycles. The number of halogens is 7. The molecule has 2 aromatic carbocycles. The Morgan fingerprint density at radius 2 is 1.58 bits per heavy atom. The van der Waals surface area contributed by atoms with E-state index in [4.69, 9.17) is 0 Å². The number of aldehydes is 1. The first-order valence-corrected chi connectivity index (χ1v) is 6.23. The average molecular weight is 352 g/mol. The molecule has 0 unspecified atom stereocenters. The molecule has 24 heavy (non-hydrogen) atoms. The van der Waals surface area contributed by atoms with Gasteiger partial charge in [0.2, 0.25) is 0 Å². The van der Waals surface area contributed by atoms with Crippen LogP contribution in [0.15, 0.2) is 36.4 Å². The Kier molecular flexibility index (Phi) is 4.54. The van der Waals surface area contributed by atoms with Crippen molar-refractivity contribution < 1.29 is 40.3 Å². The van der Waals surface area contributed by atoms with Crippen LogP contribution in [0.4, 0.5) is 30.7 Å². The second kappa shape index (κ2) is 6.14. The minimum absolute atomic E-state index is 0.165. The SMILES string of the molecule is O=Cc1cc(OC(F)(F)F)cc(-c2cc(C(F)(F)F)ccc2F)c1. The van der Waals surface area contributed by atoms with E-state index < -0.39 is 35.2 Å². The Morgan fingerprint density at radius 3 is 2.12 bits per heavy atom. The van der Waals surface area contributed by atoms with Gasteiger partial charge in [-0.1, -0.05) is 0 Å². The molecule has 0 heterocycles. The van der Waals surface area contributed by atoms with Gasteiger partial charge in [0, 0.05) is 11.1 Å². The van der Waals surface area contributed by atoms with E-state index in [1.807, 2.05) is 0 Å². The van der Waals surface area contributed by atoms with Gasteiger partial charge in [0.25, 0.3) is 0 Å². The van der Waals surface area contributed by atoms with E-state index in [0.717, 1.165) is 12.1 Å². The summed E-state index contributed by atoms with van der Waals surface area (Å²) in [5.41, 5.74) is -2.47. The van der Waals surface area contributed by atoms with Gasteiger partial charge < -0.3 is 4.74 Å². The summed E-state index contributed by atoms with van der Waals surface area (Å²) in [5.74, 6) is -1.94. The van der Waals surface area contributed by atoms with Gasteiger partial charge in [0.15, 0.2) is 0 Å². The summed E-state index contributed by atoms with van der Waals surface area (Å²) in [6.45, 7) is 0. The Balaban J connectivity index is 2.59. The zero-order valence-corrected chi connectivity index (χ0v) is 11.5. The number of alkyl halides is 6. The molecule has 0 N–H and O–H groups in total. The molecule has 0 radical (unpaired) electrons. The van der Waals surface area contributed by atoms with E-state index in [9.17, 15) is 35.5 Å². The van der Waals surface area contributed by atoms with Crippen molar-refractivity contribution in [2.24, 2.45) is 0 Å². The Morgan fingerprint density at radius 1 is 0.917 bits per heavy atom. The fourth-order valence-corrected chi connectivity index (χ4v) is 1.96. The van der Waals surface area contributed by atoms with Crippen LogP contribution in [-0.4, -0.2) is 12.6 Å². The fourth-order valence-electron chi connectivity index (χ4n) is 1.96. The second-order valence-electron chi connectivity index (χ2n) is 4.65. The van der Waals surface area contributed by atoms with Crippen LogP contribution in [0.2, 0.25) is 0 Å². The largest absolute Gasteiger partial charge is 0.573 e. The highest BCUT2D eigenvalue weighted by Gasteiger charge is 2.32. The molecule has 2 rings (SSSR count). The summed E-state index contributed by atoms with van der Waals surface area (Å²) in [6, 6.07) is 3.85.